The van der Waals surface area contributed by atoms with E-state index >= 15 is 0 Å². The molecule has 2 N–H and O–H groups in total. The van der Waals surface area contributed by atoms with Crippen LogP contribution in [0, 0.1) is 10.1 Å². The first-order valence-electron chi connectivity index (χ1n) is 7.80. The van der Waals surface area contributed by atoms with Crippen LogP contribution in [0.2, 0.25) is 0 Å². The number of rotatable bonds is 6. The summed E-state index contributed by atoms with van der Waals surface area (Å²) in [6, 6.07) is 10.9. The van der Waals surface area contributed by atoms with Crippen molar-refractivity contribution in [3.8, 4) is 0 Å². The average molecular weight is 311 g/mol. The first kappa shape index (κ1) is 13.9. The van der Waals surface area contributed by atoms with Crippen molar-refractivity contribution in [2.24, 2.45) is 0 Å². The van der Waals surface area contributed by atoms with Gasteiger partial charge in [-0.15, -0.1) is 0 Å². The number of hydrogen-bond donors (Lipinski definition) is 2. The highest BCUT2D eigenvalue weighted by Crippen LogP contribution is 2.42. The van der Waals surface area contributed by atoms with Crippen molar-refractivity contribution in [2.75, 3.05) is 10.6 Å². The predicted octanol–water partition coefficient (Wildman–Crippen LogP) is 2.93. The van der Waals surface area contributed by atoms with E-state index in [1.165, 1.54) is 11.8 Å². The van der Waals surface area contributed by atoms with Gasteiger partial charge in [0.1, 0.15) is 6.20 Å². The molecule has 0 saturated heterocycles. The third-order valence-corrected chi connectivity index (χ3v) is 4.22. The zero-order valence-electron chi connectivity index (χ0n) is 12.5. The fourth-order valence-electron chi connectivity index (χ4n) is 2.69. The molecule has 23 heavy (non-hydrogen) atoms. The first-order chi connectivity index (χ1) is 11.2. The minimum absolute atomic E-state index is 0.0714. The summed E-state index contributed by atoms with van der Waals surface area (Å²) in [6.07, 6.45) is 4.36. The van der Waals surface area contributed by atoms with Gasteiger partial charge in [0.2, 0.25) is 11.8 Å². The number of hydrogen-bond acceptors (Lipinski definition) is 6. The molecule has 0 radical (unpaired) electrons. The van der Waals surface area contributed by atoms with Gasteiger partial charge >= 0.3 is 5.69 Å². The second kappa shape index (κ2) is 5.49. The molecular weight excluding hydrogens is 294 g/mol. The lowest BCUT2D eigenvalue weighted by Gasteiger charge is -2.08. The molecule has 1 heterocycles. The number of aromatic nitrogens is 2. The second-order valence-electron chi connectivity index (χ2n) is 6.11. The maximum Gasteiger partial charge on any atom is 0.329 e. The first-order valence-corrected chi connectivity index (χ1v) is 7.80. The molecule has 0 unspecified atom stereocenters. The van der Waals surface area contributed by atoms with Crippen LogP contribution in [0.1, 0.15) is 30.7 Å². The summed E-state index contributed by atoms with van der Waals surface area (Å²) in [5, 5.41) is 17.5. The summed E-state index contributed by atoms with van der Waals surface area (Å²) in [5.41, 5.74) is 1.22. The van der Waals surface area contributed by atoms with Gasteiger partial charge in [-0.2, -0.15) is 4.98 Å². The van der Waals surface area contributed by atoms with E-state index in [9.17, 15) is 10.1 Å². The van der Waals surface area contributed by atoms with Gasteiger partial charge in [-0.3, -0.25) is 10.1 Å². The molecule has 2 aliphatic rings. The molecule has 0 amide bonds. The van der Waals surface area contributed by atoms with Crippen LogP contribution >= 0.6 is 0 Å². The smallest absolute Gasteiger partial charge is 0.329 e. The van der Waals surface area contributed by atoms with Crippen molar-refractivity contribution in [3.63, 3.8) is 0 Å². The highest BCUT2D eigenvalue weighted by molar-refractivity contribution is 5.58. The highest BCUT2D eigenvalue weighted by Gasteiger charge is 2.39. The number of nitrogens with zero attached hydrogens (tertiary/aromatic N) is 3. The van der Waals surface area contributed by atoms with Crippen LogP contribution in [-0.4, -0.2) is 27.0 Å². The van der Waals surface area contributed by atoms with Crippen LogP contribution in [-0.2, 0) is 0 Å². The minimum atomic E-state index is -0.446. The van der Waals surface area contributed by atoms with Gasteiger partial charge in [0, 0.05) is 18.0 Å². The van der Waals surface area contributed by atoms with Crippen LogP contribution in [0.3, 0.4) is 0 Å². The molecule has 2 aliphatic carbocycles. The van der Waals surface area contributed by atoms with E-state index in [2.05, 4.69) is 32.7 Å². The van der Waals surface area contributed by atoms with Gasteiger partial charge in [0.15, 0.2) is 0 Å². The molecule has 7 nitrogen and oxygen atoms in total. The molecule has 4 rings (SSSR count). The Balaban J connectivity index is 1.48. The van der Waals surface area contributed by atoms with Gasteiger partial charge in [0.25, 0.3) is 0 Å². The average Bonchev–Trinajstić information content (AvgIpc) is 3.45. The topological polar surface area (TPSA) is 93.0 Å². The van der Waals surface area contributed by atoms with Crippen LogP contribution in [0.25, 0.3) is 0 Å². The Kier molecular flexibility index (Phi) is 3.33. The molecule has 118 valence electrons. The summed E-state index contributed by atoms with van der Waals surface area (Å²) in [4.78, 5) is 19.0. The molecule has 2 atom stereocenters. The molecule has 2 aromatic rings. The molecule has 0 aliphatic heterocycles. The highest BCUT2D eigenvalue weighted by atomic mass is 16.6. The second-order valence-corrected chi connectivity index (χ2v) is 6.11. The lowest BCUT2D eigenvalue weighted by molar-refractivity contribution is -0.384. The number of nitro groups is 1. The van der Waals surface area contributed by atoms with E-state index in [1.54, 1.807) is 0 Å². The van der Waals surface area contributed by atoms with Gasteiger partial charge in [-0.25, -0.2) is 4.98 Å². The summed E-state index contributed by atoms with van der Waals surface area (Å²) < 4.78 is 0. The zero-order valence-corrected chi connectivity index (χ0v) is 12.5. The Labute approximate surface area is 133 Å². The fraction of sp³-hybridized carbons (Fsp3) is 0.375. The quantitative estimate of drug-likeness (QED) is 0.629. The molecule has 2 fully saturated rings. The van der Waals surface area contributed by atoms with E-state index in [0.29, 0.717) is 23.7 Å². The lowest BCUT2D eigenvalue weighted by Crippen LogP contribution is -2.12. The van der Waals surface area contributed by atoms with Gasteiger partial charge in [-0.05, 0) is 24.8 Å². The van der Waals surface area contributed by atoms with E-state index < -0.39 is 4.92 Å². The summed E-state index contributed by atoms with van der Waals surface area (Å²) in [7, 11) is 0. The van der Waals surface area contributed by atoms with E-state index in [4.69, 9.17) is 0 Å². The Morgan fingerprint density at radius 2 is 1.96 bits per heavy atom. The number of benzene rings is 1. The molecular formula is C16H17N5O2. The zero-order chi connectivity index (χ0) is 15.8. The molecule has 1 aromatic carbocycles. The predicted molar refractivity (Wildman–Crippen MR) is 86.5 cm³/mol. The Bertz CT molecular complexity index is 733. The van der Waals surface area contributed by atoms with Crippen LogP contribution < -0.4 is 10.6 Å². The largest absolute Gasteiger partial charge is 0.361 e. The molecule has 2 saturated carbocycles. The summed E-state index contributed by atoms with van der Waals surface area (Å²) in [6.45, 7) is 0. The fourth-order valence-corrected chi connectivity index (χ4v) is 2.69. The van der Waals surface area contributed by atoms with E-state index in [-0.39, 0.29) is 11.7 Å². The third kappa shape index (κ3) is 3.08. The van der Waals surface area contributed by atoms with Crippen molar-refractivity contribution in [1.29, 1.82) is 0 Å². The van der Waals surface area contributed by atoms with Crippen LogP contribution in [0.4, 0.5) is 17.5 Å². The van der Waals surface area contributed by atoms with Crippen molar-refractivity contribution >= 4 is 17.5 Å². The van der Waals surface area contributed by atoms with Crippen LogP contribution in [0.5, 0.6) is 0 Å². The normalized spacial score (nSPS) is 22.4. The monoisotopic (exact) mass is 311 g/mol. The van der Waals surface area contributed by atoms with Crippen molar-refractivity contribution in [2.45, 2.75) is 37.3 Å². The molecule has 7 heteroatoms. The Morgan fingerprint density at radius 1 is 1.17 bits per heavy atom. The van der Waals surface area contributed by atoms with Crippen molar-refractivity contribution < 1.29 is 4.92 Å². The lowest BCUT2D eigenvalue weighted by atomic mass is 10.1. The van der Waals surface area contributed by atoms with Gasteiger partial charge in [-0.1, -0.05) is 30.3 Å². The summed E-state index contributed by atoms with van der Waals surface area (Å²) in [5.74, 6) is 1.21. The standard InChI is InChI=1S/C16H17N5O2/c22-21(23)14-9-17-16(20-15(14)18-11-6-7-11)19-13-8-12(13)10-4-2-1-3-5-10/h1-5,9,11-13H,6-8H2,(H2,17,18,19,20)/t12-,13+/m1/s1. The van der Waals surface area contributed by atoms with E-state index in [1.807, 2.05) is 18.2 Å². The SMILES string of the molecule is O=[N+]([O-])c1cnc(N[C@H]2C[C@@H]2c2ccccc2)nc1NC1CC1. The maximum atomic E-state index is 11.1. The Morgan fingerprint density at radius 3 is 2.65 bits per heavy atom. The summed E-state index contributed by atoms with van der Waals surface area (Å²) >= 11 is 0. The maximum absolute atomic E-state index is 11.1. The number of anilines is 2. The van der Waals surface area contributed by atoms with Crippen molar-refractivity contribution in [1.82, 2.24) is 9.97 Å². The minimum Gasteiger partial charge on any atom is -0.361 e. The molecule has 0 spiro atoms. The number of nitrogens with one attached hydrogen (secondary N) is 2. The van der Waals surface area contributed by atoms with Crippen molar-refractivity contribution in [3.05, 3.63) is 52.2 Å². The molecule has 0 bridgehead atoms. The van der Waals surface area contributed by atoms with Crippen LogP contribution in [0.15, 0.2) is 36.5 Å². The molecule has 1 aromatic heterocycles. The van der Waals surface area contributed by atoms with E-state index in [0.717, 1.165) is 19.3 Å². The van der Waals surface area contributed by atoms with Gasteiger partial charge < -0.3 is 10.6 Å². The van der Waals surface area contributed by atoms with Gasteiger partial charge in [0.05, 0.1) is 4.92 Å². The third-order valence-electron chi connectivity index (χ3n) is 4.22. The Hall–Kier alpha value is -2.70.